The first-order chi connectivity index (χ1) is 9.78. The van der Waals surface area contributed by atoms with Gasteiger partial charge in [-0.25, -0.2) is 4.99 Å². The second kappa shape index (κ2) is 4.98. The molecule has 20 heavy (non-hydrogen) atoms. The van der Waals surface area contributed by atoms with Gasteiger partial charge in [-0.15, -0.1) is 0 Å². The van der Waals surface area contributed by atoms with Gasteiger partial charge in [0.05, 0.1) is 23.7 Å². The highest BCUT2D eigenvalue weighted by Gasteiger charge is 2.19. The van der Waals surface area contributed by atoms with E-state index in [2.05, 4.69) is 16.1 Å². The minimum atomic E-state index is 0.715. The number of amidine groups is 1. The van der Waals surface area contributed by atoms with Crippen molar-refractivity contribution in [2.45, 2.75) is 6.92 Å². The van der Waals surface area contributed by atoms with Gasteiger partial charge < -0.3 is 0 Å². The minimum absolute atomic E-state index is 0.715. The monoisotopic (exact) mass is 260 g/mol. The van der Waals surface area contributed by atoms with Crippen molar-refractivity contribution in [3.63, 3.8) is 0 Å². The third-order valence-electron chi connectivity index (χ3n) is 3.10. The van der Waals surface area contributed by atoms with Crippen LogP contribution in [-0.4, -0.2) is 17.0 Å². The first kappa shape index (κ1) is 12.1. The molecule has 0 spiro atoms. The van der Waals surface area contributed by atoms with Crippen LogP contribution in [0.5, 0.6) is 0 Å². The highest BCUT2D eigenvalue weighted by molar-refractivity contribution is 6.32. The predicted molar refractivity (Wildman–Crippen MR) is 79.8 cm³/mol. The number of allylic oxidation sites excluding steroid dienone is 2. The summed E-state index contributed by atoms with van der Waals surface area (Å²) in [5.41, 5.74) is 3.85. The van der Waals surface area contributed by atoms with Crippen molar-refractivity contribution in [3.05, 3.63) is 65.6 Å². The van der Waals surface area contributed by atoms with E-state index in [0.29, 0.717) is 5.84 Å². The normalized spacial score (nSPS) is 18.4. The summed E-state index contributed by atoms with van der Waals surface area (Å²) >= 11 is 0. The third kappa shape index (κ3) is 2.17. The average Bonchev–Trinajstić information content (AvgIpc) is 2.48. The van der Waals surface area contributed by atoms with Crippen molar-refractivity contribution in [3.8, 4) is 6.07 Å². The van der Waals surface area contributed by atoms with Crippen LogP contribution in [0.1, 0.15) is 11.1 Å². The van der Waals surface area contributed by atoms with E-state index in [4.69, 9.17) is 5.26 Å². The summed E-state index contributed by atoms with van der Waals surface area (Å²) in [7, 11) is 0. The van der Waals surface area contributed by atoms with Crippen molar-refractivity contribution >= 4 is 17.7 Å². The van der Waals surface area contributed by atoms with Gasteiger partial charge in [-0.3, -0.25) is 9.89 Å². The molecular formula is C16H12N4. The molecule has 0 atom stereocenters. The molecule has 4 heteroatoms. The van der Waals surface area contributed by atoms with E-state index in [9.17, 15) is 0 Å². The van der Waals surface area contributed by atoms with Crippen molar-refractivity contribution in [1.82, 2.24) is 4.90 Å². The van der Waals surface area contributed by atoms with E-state index in [-0.39, 0.29) is 0 Å². The Hall–Kier alpha value is -2.93. The van der Waals surface area contributed by atoms with E-state index in [1.807, 2.05) is 42.2 Å². The molecule has 0 bridgehead atoms. The van der Waals surface area contributed by atoms with Gasteiger partial charge in [-0.05, 0) is 13.0 Å². The predicted octanol–water partition coefficient (Wildman–Crippen LogP) is 3.01. The van der Waals surface area contributed by atoms with Crippen LogP contribution in [0.25, 0.3) is 5.70 Å². The number of aliphatic imine (C=N–C) groups is 2. The number of rotatable bonds is 1. The molecule has 0 saturated carbocycles. The average molecular weight is 260 g/mol. The molecule has 96 valence electrons. The highest BCUT2D eigenvalue weighted by Crippen LogP contribution is 2.26. The number of benzene rings is 1. The maximum absolute atomic E-state index is 8.92. The second-order valence-corrected chi connectivity index (χ2v) is 4.51. The van der Waals surface area contributed by atoms with E-state index in [1.165, 1.54) is 11.6 Å². The molecule has 1 aromatic carbocycles. The molecule has 2 aliphatic heterocycles. The molecule has 0 aliphatic carbocycles. The SMILES string of the molecule is Cc1ccc(C2=C/C(=C\C#N)N3C=CN=CC3=N2)cc1. The zero-order valence-electron chi connectivity index (χ0n) is 11.0. The van der Waals surface area contributed by atoms with Gasteiger partial charge in [0.15, 0.2) is 5.84 Å². The van der Waals surface area contributed by atoms with Gasteiger partial charge in [-0.2, -0.15) is 5.26 Å². The zero-order valence-corrected chi connectivity index (χ0v) is 11.0. The Bertz CT molecular complexity index is 725. The molecule has 0 radical (unpaired) electrons. The maximum Gasteiger partial charge on any atom is 0.156 e. The summed E-state index contributed by atoms with van der Waals surface area (Å²) in [6.45, 7) is 2.05. The van der Waals surface area contributed by atoms with E-state index in [1.54, 1.807) is 18.6 Å². The molecule has 2 aliphatic rings. The Morgan fingerprint density at radius 3 is 2.80 bits per heavy atom. The molecule has 4 nitrogen and oxygen atoms in total. The Kier molecular flexibility index (Phi) is 3.02. The van der Waals surface area contributed by atoms with Gasteiger partial charge in [0, 0.05) is 24.0 Å². The Labute approximate surface area is 117 Å². The van der Waals surface area contributed by atoms with Crippen molar-refractivity contribution in [2.24, 2.45) is 9.98 Å². The van der Waals surface area contributed by atoms with Crippen LogP contribution in [0.2, 0.25) is 0 Å². The molecule has 0 N–H and O–H groups in total. The quantitative estimate of drug-likeness (QED) is 0.729. The number of nitrogens with zero attached hydrogens (tertiary/aromatic N) is 4. The van der Waals surface area contributed by atoms with Gasteiger partial charge in [-0.1, -0.05) is 29.8 Å². The van der Waals surface area contributed by atoms with E-state index in [0.717, 1.165) is 17.0 Å². The first-order valence-corrected chi connectivity index (χ1v) is 6.24. The minimum Gasteiger partial charge on any atom is -0.298 e. The van der Waals surface area contributed by atoms with E-state index >= 15 is 0 Å². The van der Waals surface area contributed by atoms with Crippen molar-refractivity contribution in [2.75, 3.05) is 0 Å². The van der Waals surface area contributed by atoms with Crippen LogP contribution >= 0.6 is 0 Å². The third-order valence-corrected chi connectivity index (χ3v) is 3.10. The molecular weight excluding hydrogens is 248 g/mol. The summed E-state index contributed by atoms with van der Waals surface area (Å²) in [5.74, 6) is 0.715. The molecule has 0 aromatic heterocycles. The maximum atomic E-state index is 8.92. The van der Waals surface area contributed by atoms with Crippen LogP contribution in [0.15, 0.2) is 64.5 Å². The molecule has 2 heterocycles. The van der Waals surface area contributed by atoms with E-state index < -0.39 is 0 Å². The van der Waals surface area contributed by atoms with Gasteiger partial charge in [0.2, 0.25) is 0 Å². The summed E-state index contributed by atoms with van der Waals surface area (Å²) in [6, 6.07) is 10.2. The van der Waals surface area contributed by atoms with Crippen LogP contribution in [-0.2, 0) is 0 Å². The number of aryl methyl sites for hydroxylation is 1. The topological polar surface area (TPSA) is 51.8 Å². The zero-order chi connectivity index (χ0) is 13.9. The number of hydrogen-bond acceptors (Lipinski definition) is 4. The number of nitriles is 1. The van der Waals surface area contributed by atoms with Gasteiger partial charge >= 0.3 is 0 Å². The standard InChI is InChI=1S/C16H12N4/c1-12-2-4-13(5-3-12)15-10-14(6-7-17)20-9-8-18-11-16(20)19-15/h2-6,8-11H,1H3/b14-6+. The Balaban J connectivity index is 2.08. The summed E-state index contributed by atoms with van der Waals surface area (Å²) < 4.78 is 0. The fourth-order valence-electron chi connectivity index (χ4n) is 2.07. The van der Waals surface area contributed by atoms with Crippen molar-refractivity contribution in [1.29, 1.82) is 5.26 Å². The van der Waals surface area contributed by atoms with Gasteiger partial charge in [0.1, 0.15) is 0 Å². The smallest absolute Gasteiger partial charge is 0.156 e. The summed E-state index contributed by atoms with van der Waals surface area (Å²) in [5, 5.41) is 8.92. The lowest BCUT2D eigenvalue weighted by Gasteiger charge is -2.26. The molecule has 0 saturated heterocycles. The molecule has 0 fully saturated rings. The Morgan fingerprint density at radius 1 is 1.25 bits per heavy atom. The lowest BCUT2D eigenvalue weighted by atomic mass is 10.1. The molecule has 1 aromatic rings. The molecule has 3 rings (SSSR count). The number of hydrogen-bond donors (Lipinski definition) is 0. The lowest BCUT2D eigenvalue weighted by molar-refractivity contribution is 0.710. The Morgan fingerprint density at radius 2 is 2.05 bits per heavy atom. The summed E-state index contributed by atoms with van der Waals surface area (Å²) in [6.07, 6.45) is 8.57. The van der Waals surface area contributed by atoms with Crippen LogP contribution < -0.4 is 0 Å². The highest BCUT2D eigenvalue weighted by atomic mass is 15.2. The van der Waals surface area contributed by atoms with Gasteiger partial charge in [0.25, 0.3) is 0 Å². The van der Waals surface area contributed by atoms with Crippen LogP contribution in [0.4, 0.5) is 0 Å². The second-order valence-electron chi connectivity index (χ2n) is 4.51. The fraction of sp³-hybridized carbons (Fsp3) is 0.0625. The lowest BCUT2D eigenvalue weighted by Crippen LogP contribution is -2.29. The molecule has 0 amide bonds. The van der Waals surface area contributed by atoms with Crippen LogP contribution in [0.3, 0.4) is 0 Å². The van der Waals surface area contributed by atoms with Crippen molar-refractivity contribution < 1.29 is 0 Å². The fourth-order valence-corrected chi connectivity index (χ4v) is 2.07. The summed E-state index contributed by atoms with van der Waals surface area (Å²) in [4.78, 5) is 10.5. The number of fused-ring (bicyclic) bond motifs is 1. The van der Waals surface area contributed by atoms with Crippen LogP contribution in [0, 0.1) is 18.3 Å². The molecule has 0 unspecified atom stereocenters. The largest absolute Gasteiger partial charge is 0.298 e. The first-order valence-electron chi connectivity index (χ1n) is 6.24.